The molecule has 2 saturated heterocycles. The van der Waals surface area contributed by atoms with Crippen LogP contribution in [0.5, 0.6) is 0 Å². The number of rotatable bonds is 8. The largest absolute Gasteiger partial charge is 0.379 e. The van der Waals surface area contributed by atoms with Crippen molar-refractivity contribution in [3.63, 3.8) is 0 Å². The van der Waals surface area contributed by atoms with Crippen LogP contribution in [0.1, 0.15) is 30.9 Å². The number of carbonyl (C=O) groups excluding carboxylic acids is 2. The van der Waals surface area contributed by atoms with Gasteiger partial charge in [-0.05, 0) is 50.1 Å². The summed E-state index contributed by atoms with van der Waals surface area (Å²) in [6.45, 7) is 4.99. The Morgan fingerprint density at radius 1 is 1.12 bits per heavy atom. The van der Waals surface area contributed by atoms with Crippen molar-refractivity contribution >= 4 is 50.1 Å². The quantitative estimate of drug-likeness (QED) is 0.412. The molecular weight excluding hydrogens is 544 g/mol. The van der Waals surface area contributed by atoms with Crippen LogP contribution in [0.25, 0.3) is 22.6 Å². The highest BCUT2D eigenvalue weighted by atomic mass is 32.2. The van der Waals surface area contributed by atoms with Gasteiger partial charge in [-0.2, -0.15) is 4.31 Å². The third-order valence-electron chi connectivity index (χ3n) is 7.93. The molecular formula is C30H34N4O6S. The molecule has 0 saturated carbocycles. The van der Waals surface area contributed by atoms with Crippen LogP contribution in [-0.4, -0.2) is 81.2 Å². The Labute approximate surface area is 239 Å². The first-order valence-electron chi connectivity index (χ1n) is 14.1. The first-order chi connectivity index (χ1) is 19.9. The van der Waals surface area contributed by atoms with E-state index >= 15 is 0 Å². The van der Waals surface area contributed by atoms with Crippen molar-refractivity contribution in [3.8, 4) is 0 Å². The minimum absolute atomic E-state index is 0.0626. The lowest BCUT2D eigenvalue weighted by atomic mass is 10.0. The number of amides is 2. The van der Waals surface area contributed by atoms with Crippen molar-refractivity contribution in [3.05, 3.63) is 59.8 Å². The van der Waals surface area contributed by atoms with E-state index in [9.17, 15) is 18.0 Å². The number of ether oxygens (including phenoxy) is 2. The zero-order valence-corrected chi connectivity index (χ0v) is 23.9. The predicted molar refractivity (Wildman–Crippen MR) is 156 cm³/mol. The van der Waals surface area contributed by atoms with Crippen LogP contribution in [0.2, 0.25) is 0 Å². The smallest absolute Gasteiger partial charge is 0.258 e. The van der Waals surface area contributed by atoms with E-state index in [2.05, 4.69) is 5.32 Å². The molecule has 41 heavy (non-hydrogen) atoms. The third-order valence-corrected chi connectivity index (χ3v) is 9.83. The normalized spacial score (nSPS) is 20.7. The third kappa shape index (κ3) is 5.30. The molecule has 10 nitrogen and oxygen atoms in total. The van der Waals surface area contributed by atoms with Gasteiger partial charge in [0, 0.05) is 66.6 Å². The van der Waals surface area contributed by atoms with Crippen molar-refractivity contribution in [1.29, 1.82) is 0 Å². The number of likely N-dealkylation sites (N-methyl/N-ethyl adjacent to an activating group) is 1. The van der Waals surface area contributed by atoms with E-state index in [1.54, 1.807) is 23.1 Å². The molecule has 1 N–H and O–H groups in total. The zero-order chi connectivity index (χ0) is 28.6. The molecule has 2 fully saturated rings. The van der Waals surface area contributed by atoms with E-state index in [-0.39, 0.29) is 29.4 Å². The summed E-state index contributed by atoms with van der Waals surface area (Å²) in [5.74, 6) is -0.299. The molecule has 1 aromatic heterocycles. The van der Waals surface area contributed by atoms with Gasteiger partial charge in [-0.15, -0.1) is 0 Å². The molecule has 0 unspecified atom stereocenters. The van der Waals surface area contributed by atoms with Gasteiger partial charge in [-0.25, -0.2) is 8.42 Å². The van der Waals surface area contributed by atoms with Gasteiger partial charge in [-0.1, -0.05) is 18.2 Å². The van der Waals surface area contributed by atoms with Crippen molar-refractivity contribution < 1.29 is 27.5 Å². The topological polar surface area (TPSA) is 110 Å². The highest BCUT2D eigenvalue weighted by Crippen LogP contribution is 2.40. The summed E-state index contributed by atoms with van der Waals surface area (Å²) in [6, 6.07) is 12.6. The number of morpholine rings is 1. The van der Waals surface area contributed by atoms with Crippen molar-refractivity contribution in [2.24, 2.45) is 0 Å². The standard InChI is InChI=1S/C30H34N4O6S/c1-2-34-28-10-9-23(41(37,38)33-11-14-39-15-12-33)17-25(28)26(30(34)36)16-21-19-32(27-8-4-3-7-24(21)27)20-29(35)31-18-22-6-5-13-40-22/h3-4,7-10,16-17,19,22H,2,5-6,11-15,18,20H2,1H3,(H,31,35)/b26-16-/t22-/m0/s1. The molecule has 6 rings (SSSR count). The van der Waals surface area contributed by atoms with Crippen molar-refractivity contribution in [1.82, 2.24) is 14.2 Å². The maximum atomic E-state index is 13.6. The summed E-state index contributed by atoms with van der Waals surface area (Å²) in [6.07, 6.45) is 5.71. The zero-order valence-electron chi connectivity index (χ0n) is 23.0. The molecule has 2 aromatic carbocycles. The van der Waals surface area contributed by atoms with Crippen LogP contribution < -0.4 is 10.2 Å². The first kappa shape index (κ1) is 27.6. The Hall–Kier alpha value is -3.51. The Bertz CT molecular complexity index is 1620. The monoisotopic (exact) mass is 578 g/mol. The number of carbonyl (C=O) groups is 2. The number of nitrogens with one attached hydrogen (secondary N) is 1. The maximum Gasteiger partial charge on any atom is 0.258 e. The fraction of sp³-hybridized carbons (Fsp3) is 0.400. The van der Waals surface area contributed by atoms with E-state index in [1.165, 1.54) is 4.31 Å². The van der Waals surface area contributed by atoms with Gasteiger partial charge in [0.25, 0.3) is 5.91 Å². The van der Waals surface area contributed by atoms with Gasteiger partial charge >= 0.3 is 0 Å². The molecule has 3 aromatic rings. The van der Waals surface area contributed by atoms with Crippen LogP contribution in [0, 0.1) is 0 Å². The van der Waals surface area contributed by atoms with E-state index in [0.29, 0.717) is 56.2 Å². The average Bonchev–Trinajstić information content (AvgIpc) is 3.70. The predicted octanol–water partition coefficient (Wildman–Crippen LogP) is 2.86. The SMILES string of the molecule is CCN1C(=O)/C(=C\c2cn(CC(=O)NC[C@@H]3CCCO3)c3ccccc23)c2cc(S(=O)(=O)N3CCOCC3)ccc21. The molecule has 4 heterocycles. The Balaban J connectivity index is 1.35. The molecule has 3 aliphatic rings. The summed E-state index contributed by atoms with van der Waals surface area (Å²) in [4.78, 5) is 28.2. The van der Waals surface area contributed by atoms with Crippen LogP contribution in [0.3, 0.4) is 0 Å². The second-order valence-electron chi connectivity index (χ2n) is 10.5. The summed E-state index contributed by atoms with van der Waals surface area (Å²) < 4.78 is 41.1. The fourth-order valence-electron chi connectivity index (χ4n) is 5.81. The van der Waals surface area contributed by atoms with Gasteiger partial charge in [-0.3, -0.25) is 9.59 Å². The molecule has 0 bridgehead atoms. The second-order valence-corrected chi connectivity index (χ2v) is 12.4. The molecule has 0 aliphatic carbocycles. The van der Waals surface area contributed by atoms with Crippen LogP contribution in [0.15, 0.2) is 53.6 Å². The van der Waals surface area contributed by atoms with Crippen LogP contribution in [0.4, 0.5) is 5.69 Å². The second kappa shape index (κ2) is 11.4. The summed E-state index contributed by atoms with van der Waals surface area (Å²) in [5.41, 5.74) is 3.33. The van der Waals surface area contributed by atoms with Gasteiger partial charge in [0.1, 0.15) is 6.54 Å². The average molecular weight is 579 g/mol. The number of anilines is 1. The van der Waals surface area contributed by atoms with Gasteiger partial charge in [0.2, 0.25) is 15.9 Å². The number of hydrogen-bond donors (Lipinski definition) is 1. The van der Waals surface area contributed by atoms with E-state index in [1.807, 2.05) is 48.0 Å². The molecule has 0 radical (unpaired) electrons. The highest BCUT2D eigenvalue weighted by Gasteiger charge is 2.34. The lowest BCUT2D eigenvalue weighted by Gasteiger charge is -2.26. The number of nitrogens with zero attached hydrogens (tertiary/aromatic N) is 3. The van der Waals surface area contributed by atoms with E-state index in [0.717, 1.165) is 35.9 Å². The Morgan fingerprint density at radius 2 is 1.93 bits per heavy atom. The minimum atomic E-state index is -3.74. The number of aromatic nitrogens is 1. The molecule has 216 valence electrons. The number of fused-ring (bicyclic) bond motifs is 2. The fourth-order valence-corrected chi connectivity index (χ4v) is 7.24. The lowest BCUT2D eigenvalue weighted by Crippen LogP contribution is -2.40. The minimum Gasteiger partial charge on any atom is -0.379 e. The summed E-state index contributed by atoms with van der Waals surface area (Å²) in [7, 11) is -3.74. The maximum absolute atomic E-state index is 13.6. The summed E-state index contributed by atoms with van der Waals surface area (Å²) >= 11 is 0. The molecule has 3 aliphatic heterocycles. The molecule has 0 spiro atoms. The number of para-hydroxylation sites is 1. The summed E-state index contributed by atoms with van der Waals surface area (Å²) in [5, 5.41) is 3.87. The lowest BCUT2D eigenvalue weighted by molar-refractivity contribution is -0.122. The molecule has 11 heteroatoms. The Morgan fingerprint density at radius 3 is 2.68 bits per heavy atom. The Kier molecular flexibility index (Phi) is 7.69. The molecule has 1 atom stereocenters. The van der Waals surface area contributed by atoms with Crippen LogP contribution >= 0.6 is 0 Å². The highest BCUT2D eigenvalue weighted by molar-refractivity contribution is 7.89. The van der Waals surface area contributed by atoms with Gasteiger partial charge in [0.15, 0.2) is 0 Å². The van der Waals surface area contributed by atoms with E-state index < -0.39 is 10.0 Å². The van der Waals surface area contributed by atoms with E-state index in [4.69, 9.17) is 9.47 Å². The van der Waals surface area contributed by atoms with Crippen molar-refractivity contribution in [2.75, 3.05) is 50.9 Å². The van der Waals surface area contributed by atoms with Crippen LogP contribution in [-0.2, 0) is 35.6 Å². The molecule has 2 amide bonds. The number of hydrogen-bond acceptors (Lipinski definition) is 6. The first-order valence-corrected chi connectivity index (χ1v) is 15.5. The van der Waals surface area contributed by atoms with Gasteiger partial charge in [0.05, 0.1) is 29.9 Å². The number of sulfonamides is 1. The van der Waals surface area contributed by atoms with Crippen molar-refractivity contribution in [2.45, 2.75) is 37.3 Å². The number of benzene rings is 2. The van der Waals surface area contributed by atoms with Gasteiger partial charge < -0.3 is 24.3 Å².